The van der Waals surface area contributed by atoms with Gasteiger partial charge in [0.15, 0.2) is 12.3 Å². The molecule has 9 heteroatoms. The van der Waals surface area contributed by atoms with Gasteiger partial charge in [-0.25, -0.2) is 14.3 Å². The van der Waals surface area contributed by atoms with E-state index in [1.165, 1.54) is 4.68 Å². The van der Waals surface area contributed by atoms with Crippen LogP contribution in [-0.2, 0) is 9.53 Å². The zero-order chi connectivity index (χ0) is 17.9. The summed E-state index contributed by atoms with van der Waals surface area (Å²) >= 11 is 0. The molecule has 9 nitrogen and oxygen atoms in total. The average molecular weight is 332 g/mol. The number of nitrogens with zero attached hydrogens (tertiary/aromatic N) is 2. The van der Waals surface area contributed by atoms with Crippen molar-refractivity contribution in [2.75, 3.05) is 6.61 Å². The number of urea groups is 1. The van der Waals surface area contributed by atoms with E-state index in [-0.39, 0.29) is 17.3 Å². The molecule has 1 aromatic heterocycles. The number of nitrogens with two attached hydrogens (primary N) is 1. The number of nitrogens with one attached hydrogen (secondary N) is 1. The third-order valence-electron chi connectivity index (χ3n) is 3.11. The van der Waals surface area contributed by atoms with Crippen LogP contribution in [0, 0.1) is 0 Å². The topological polar surface area (TPSA) is 133 Å². The van der Waals surface area contributed by atoms with Crippen LogP contribution in [0.2, 0.25) is 0 Å². The number of ether oxygens (including phenoxy) is 1. The van der Waals surface area contributed by atoms with Gasteiger partial charge in [0.2, 0.25) is 0 Å². The van der Waals surface area contributed by atoms with Gasteiger partial charge in [0, 0.05) is 5.39 Å². The quantitative estimate of drug-likeness (QED) is 0.775. The average Bonchev–Trinajstić information content (AvgIpc) is 2.52. The Hall–Kier alpha value is -3.23. The molecule has 3 amide bonds. The molecule has 0 saturated carbocycles. The van der Waals surface area contributed by atoms with Crippen molar-refractivity contribution in [3.05, 3.63) is 40.3 Å². The van der Waals surface area contributed by atoms with E-state index in [2.05, 4.69) is 5.10 Å². The first kappa shape index (κ1) is 17.1. The Kier molecular flexibility index (Phi) is 4.93. The number of carbonyl (C=O) groups is 3. The van der Waals surface area contributed by atoms with Gasteiger partial charge in [-0.2, -0.15) is 5.10 Å². The predicted octanol–water partition coefficient (Wildman–Crippen LogP) is 0.329. The van der Waals surface area contributed by atoms with Crippen LogP contribution in [0.25, 0.3) is 10.8 Å². The summed E-state index contributed by atoms with van der Waals surface area (Å²) in [4.78, 5) is 46.5. The minimum absolute atomic E-state index is 0.0919. The number of hydrogen-bond donors (Lipinski definition) is 2. The number of primary amides is 1. The zero-order valence-corrected chi connectivity index (χ0v) is 13.1. The fraction of sp³-hybridized carbons (Fsp3) is 0.267. The van der Waals surface area contributed by atoms with Crippen molar-refractivity contribution < 1.29 is 19.1 Å². The number of aromatic nitrogens is 2. The lowest BCUT2D eigenvalue weighted by molar-refractivity contribution is -0.123. The maximum Gasteiger partial charge on any atom is 0.359 e. The van der Waals surface area contributed by atoms with E-state index in [1.807, 2.05) is 0 Å². The van der Waals surface area contributed by atoms with Gasteiger partial charge < -0.3 is 10.5 Å². The largest absolute Gasteiger partial charge is 0.451 e. The van der Waals surface area contributed by atoms with Crippen LogP contribution >= 0.6 is 0 Å². The number of esters is 1. The SMILES string of the molecule is CC(C)n1nc(C(=O)OCC(=O)NC(N)=O)c2ccccc2c1=O. The molecule has 2 aromatic rings. The highest BCUT2D eigenvalue weighted by atomic mass is 16.5. The smallest absolute Gasteiger partial charge is 0.359 e. The number of amides is 3. The minimum atomic E-state index is -1.05. The molecule has 1 aromatic carbocycles. The first-order chi connectivity index (χ1) is 11.3. The van der Waals surface area contributed by atoms with Crippen molar-refractivity contribution in [3.8, 4) is 0 Å². The molecule has 0 atom stereocenters. The maximum absolute atomic E-state index is 12.4. The van der Waals surface area contributed by atoms with E-state index in [4.69, 9.17) is 10.5 Å². The summed E-state index contributed by atoms with van der Waals surface area (Å²) in [6, 6.07) is 5.15. The molecule has 126 valence electrons. The Morgan fingerprint density at radius 3 is 2.46 bits per heavy atom. The lowest BCUT2D eigenvalue weighted by Crippen LogP contribution is -2.38. The number of imide groups is 1. The van der Waals surface area contributed by atoms with Crippen molar-refractivity contribution in [1.29, 1.82) is 0 Å². The Balaban J connectivity index is 2.39. The standard InChI is InChI=1S/C15H16N4O5/c1-8(2)19-13(21)10-6-4-3-5-9(10)12(18-19)14(22)24-7-11(20)17-15(16)23/h3-6,8H,7H2,1-2H3,(H3,16,17,20,23). The lowest BCUT2D eigenvalue weighted by Gasteiger charge is -2.12. The van der Waals surface area contributed by atoms with Gasteiger partial charge in [0.25, 0.3) is 11.5 Å². The van der Waals surface area contributed by atoms with E-state index in [0.717, 1.165) is 0 Å². The van der Waals surface area contributed by atoms with E-state index in [1.54, 1.807) is 43.4 Å². The van der Waals surface area contributed by atoms with Crippen molar-refractivity contribution in [2.45, 2.75) is 19.9 Å². The van der Waals surface area contributed by atoms with Crippen LogP contribution in [0.4, 0.5) is 4.79 Å². The highest BCUT2D eigenvalue weighted by molar-refractivity contribution is 6.03. The molecule has 0 aliphatic rings. The lowest BCUT2D eigenvalue weighted by atomic mass is 10.1. The van der Waals surface area contributed by atoms with Gasteiger partial charge >= 0.3 is 12.0 Å². The molecule has 24 heavy (non-hydrogen) atoms. The summed E-state index contributed by atoms with van der Waals surface area (Å²) in [6.45, 7) is 2.80. The van der Waals surface area contributed by atoms with E-state index in [9.17, 15) is 19.2 Å². The summed E-state index contributed by atoms with van der Waals surface area (Å²) in [7, 11) is 0. The first-order valence-electron chi connectivity index (χ1n) is 7.09. The Morgan fingerprint density at radius 1 is 1.25 bits per heavy atom. The normalized spacial score (nSPS) is 10.6. The monoisotopic (exact) mass is 332 g/mol. The second-order valence-electron chi connectivity index (χ2n) is 5.23. The number of fused-ring (bicyclic) bond motifs is 1. The van der Waals surface area contributed by atoms with Gasteiger partial charge in [-0.1, -0.05) is 18.2 Å². The molecular weight excluding hydrogens is 316 g/mol. The molecule has 2 rings (SSSR count). The van der Waals surface area contributed by atoms with Crippen LogP contribution in [0.1, 0.15) is 30.4 Å². The zero-order valence-electron chi connectivity index (χ0n) is 13.1. The summed E-state index contributed by atoms with van der Waals surface area (Å²) in [5.41, 5.74) is 4.37. The maximum atomic E-state index is 12.4. The van der Waals surface area contributed by atoms with Gasteiger partial charge in [0.05, 0.1) is 11.4 Å². The molecule has 0 unspecified atom stereocenters. The van der Waals surface area contributed by atoms with Crippen LogP contribution in [-0.4, -0.2) is 34.3 Å². The van der Waals surface area contributed by atoms with Crippen LogP contribution in [0.3, 0.4) is 0 Å². The fourth-order valence-corrected chi connectivity index (χ4v) is 2.08. The van der Waals surface area contributed by atoms with Crippen LogP contribution in [0.5, 0.6) is 0 Å². The number of hydrogen-bond acceptors (Lipinski definition) is 6. The van der Waals surface area contributed by atoms with Gasteiger partial charge in [-0.15, -0.1) is 0 Å². The van der Waals surface area contributed by atoms with E-state index >= 15 is 0 Å². The molecular formula is C15H16N4O5. The molecule has 0 spiro atoms. The summed E-state index contributed by atoms with van der Waals surface area (Å²) in [5.74, 6) is -1.75. The van der Waals surface area contributed by atoms with Gasteiger partial charge in [0.1, 0.15) is 0 Å². The highest BCUT2D eigenvalue weighted by Gasteiger charge is 2.20. The summed E-state index contributed by atoms with van der Waals surface area (Å²) in [6.07, 6.45) is 0. The molecule has 0 radical (unpaired) electrons. The molecule has 3 N–H and O–H groups in total. The van der Waals surface area contributed by atoms with Gasteiger partial charge in [-0.3, -0.25) is 14.9 Å². The van der Waals surface area contributed by atoms with Crippen LogP contribution < -0.4 is 16.6 Å². The number of rotatable bonds is 4. The third-order valence-corrected chi connectivity index (χ3v) is 3.11. The second kappa shape index (κ2) is 6.90. The Bertz CT molecular complexity index is 872. The highest BCUT2D eigenvalue weighted by Crippen LogP contribution is 2.15. The Labute approximate surface area is 136 Å². The van der Waals surface area contributed by atoms with Crippen molar-refractivity contribution in [2.24, 2.45) is 5.73 Å². The van der Waals surface area contributed by atoms with E-state index in [0.29, 0.717) is 10.8 Å². The fourth-order valence-electron chi connectivity index (χ4n) is 2.08. The molecule has 0 fully saturated rings. The molecule has 0 aliphatic heterocycles. The predicted molar refractivity (Wildman–Crippen MR) is 84.4 cm³/mol. The number of carbonyl (C=O) groups excluding carboxylic acids is 3. The van der Waals surface area contributed by atoms with E-state index < -0.39 is 24.5 Å². The van der Waals surface area contributed by atoms with Crippen molar-refractivity contribution in [3.63, 3.8) is 0 Å². The summed E-state index contributed by atoms with van der Waals surface area (Å²) in [5, 5.41) is 6.45. The summed E-state index contributed by atoms with van der Waals surface area (Å²) < 4.78 is 6.01. The minimum Gasteiger partial charge on any atom is -0.451 e. The van der Waals surface area contributed by atoms with Crippen LogP contribution in [0.15, 0.2) is 29.1 Å². The molecule has 0 aliphatic carbocycles. The van der Waals surface area contributed by atoms with Crippen molar-refractivity contribution in [1.82, 2.24) is 15.1 Å². The van der Waals surface area contributed by atoms with Crippen molar-refractivity contribution >= 4 is 28.7 Å². The number of benzene rings is 1. The molecule has 1 heterocycles. The second-order valence-corrected chi connectivity index (χ2v) is 5.23. The molecule has 0 bridgehead atoms. The van der Waals surface area contributed by atoms with Gasteiger partial charge in [-0.05, 0) is 19.9 Å². The third kappa shape index (κ3) is 3.57. The Morgan fingerprint density at radius 2 is 1.88 bits per heavy atom. The molecule has 0 saturated heterocycles. The first-order valence-corrected chi connectivity index (χ1v) is 7.09.